The van der Waals surface area contributed by atoms with Crippen LogP contribution in [0.5, 0.6) is 0 Å². The molecular weight excluding hydrogens is 446 g/mol. The smallest absolute Gasteiger partial charge is 0.227 e. The third-order valence-electron chi connectivity index (χ3n) is 6.22. The van der Waals surface area contributed by atoms with Crippen LogP contribution in [0.1, 0.15) is 12.5 Å². The highest BCUT2D eigenvalue weighted by molar-refractivity contribution is 6.30. The van der Waals surface area contributed by atoms with Gasteiger partial charge in [-0.3, -0.25) is 10.00 Å². The fraction of sp³-hybridized carbons (Fsp3) is 0.269. The van der Waals surface area contributed by atoms with Crippen molar-refractivity contribution in [1.82, 2.24) is 30.0 Å². The fourth-order valence-corrected chi connectivity index (χ4v) is 4.35. The van der Waals surface area contributed by atoms with Crippen molar-refractivity contribution >= 4 is 23.2 Å². The molecule has 2 aromatic carbocycles. The highest BCUT2D eigenvalue weighted by Gasteiger charge is 2.16. The Morgan fingerprint density at radius 1 is 0.941 bits per heavy atom. The molecule has 2 aromatic heterocycles. The molecule has 3 heterocycles. The summed E-state index contributed by atoms with van der Waals surface area (Å²) in [7, 11) is 0. The molecule has 1 fully saturated rings. The van der Waals surface area contributed by atoms with Crippen molar-refractivity contribution in [3.63, 3.8) is 0 Å². The van der Waals surface area contributed by atoms with Crippen LogP contribution in [0, 0.1) is 0 Å². The van der Waals surface area contributed by atoms with Crippen molar-refractivity contribution in [1.29, 1.82) is 0 Å². The van der Waals surface area contributed by atoms with Crippen molar-refractivity contribution in [2.24, 2.45) is 0 Å². The minimum atomic E-state index is 0.546. The Kier molecular flexibility index (Phi) is 6.85. The van der Waals surface area contributed by atoms with Crippen LogP contribution in [-0.4, -0.2) is 62.7 Å². The molecule has 0 aliphatic carbocycles. The van der Waals surface area contributed by atoms with E-state index in [0.29, 0.717) is 11.0 Å². The molecule has 0 amide bonds. The van der Waals surface area contributed by atoms with Gasteiger partial charge in [0.25, 0.3) is 0 Å². The summed E-state index contributed by atoms with van der Waals surface area (Å²) in [6.07, 6.45) is 3.61. The normalized spacial score (nSPS) is 14.9. The second-order valence-corrected chi connectivity index (χ2v) is 8.89. The molecule has 0 bridgehead atoms. The van der Waals surface area contributed by atoms with Crippen LogP contribution in [0.25, 0.3) is 22.5 Å². The maximum absolute atomic E-state index is 6.04. The second kappa shape index (κ2) is 10.3. The number of rotatable bonds is 7. The second-order valence-electron chi connectivity index (χ2n) is 8.45. The van der Waals surface area contributed by atoms with Gasteiger partial charge >= 0.3 is 0 Å². The Balaban J connectivity index is 1.26. The number of benzene rings is 2. The van der Waals surface area contributed by atoms with E-state index in [9.17, 15) is 0 Å². The minimum Gasteiger partial charge on any atom is -0.324 e. The van der Waals surface area contributed by atoms with Crippen LogP contribution >= 0.6 is 11.6 Å². The van der Waals surface area contributed by atoms with Crippen molar-refractivity contribution in [2.45, 2.75) is 13.5 Å². The van der Waals surface area contributed by atoms with Crippen LogP contribution in [0.2, 0.25) is 5.02 Å². The number of nitrogens with zero attached hydrogens (tertiary/aromatic N) is 5. The number of nitrogens with one attached hydrogen (secondary N) is 2. The van der Waals surface area contributed by atoms with E-state index in [4.69, 9.17) is 16.6 Å². The van der Waals surface area contributed by atoms with Crippen LogP contribution in [0.15, 0.2) is 67.0 Å². The van der Waals surface area contributed by atoms with Gasteiger partial charge in [0.2, 0.25) is 5.95 Å². The molecular formula is C26H28ClN7. The van der Waals surface area contributed by atoms with Gasteiger partial charge in [-0.2, -0.15) is 5.10 Å². The molecule has 0 radical (unpaired) electrons. The number of hydrogen-bond acceptors (Lipinski definition) is 6. The standard InChI is InChI=1S/C26H28ClN7/c1-2-33-13-15-34(16-14-33)18-19-3-9-22(10-4-19)30-26-28-12-11-24(31-26)23-17-29-32-25(23)20-5-7-21(27)8-6-20/h3-12,17H,2,13-16,18H2,1H3,(H,29,32)(H,28,30,31). The summed E-state index contributed by atoms with van der Waals surface area (Å²) in [5, 5.41) is 11.4. The van der Waals surface area contributed by atoms with E-state index >= 15 is 0 Å². The Hall–Kier alpha value is -3.26. The van der Waals surface area contributed by atoms with Crippen molar-refractivity contribution in [3.05, 3.63) is 77.6 Å². The van der Waals surface area contributed by atoms with Crippen LogP contribution in [-0.2, 0) is 6.54 Å². The molecule has 1 saturated heterocycles. The number of H-pyrrole nitrogens is 1. The first-order valence-corrected chi connectivity index (χ1v) is 12.0. The SMILES string of the molecule is CCN1CCN(Cc2ccc(Nc3nccc(-c4c[nH]nc4-c4ccc(Cl)cc4)n3)cc2)CC1. The lowest BCUT2D eigenvalue weighted by atomic mass is 10.1. The number of aromatic nitrogens is 4. The Bertz CT molecular complexity index is 1210. The molecule has 0 unspecified atom stereocenters. The van der Waals surface area contributed by atoms with E-state index in [1.165, 1.54) is 5.56 Å². The van der Waals surface area contributed by atoms with Gasteiger partial charge in [0, 0.05) is 67.0 Å². The zero-order chi connectivity index (χ0) is 23.3. The number of halogens is 1. The molecule has 5 rings (SSSR count). The van der Waals surface area contributed by atoms with E-state index in [0.717, 1.165) is 67.5 Å². The Labute approximate surface area is 204 Å². The number of piperazine rings is 1. The van der Waals surface area contributed by atoms with E-state index in [-0.39, 0.29) is 0 Å². The Morgan fingerprint density at radius 2 is 1.68 bits per heavy atom. The van der Waals surface area contributed by atoms with Crippen molar-refractivity contribution < 1.29 is 0 Å². The molecule has 0 atom stereocenters. The third kappa shape index (κ3) is 5.28. The zero-order valence-corrected chi connectivity index (χ0v) is 20.0. The summed E-state index contributed by atoms with van der Waals surface area (Å²) in [4.78, 5) is 14.1. The lowest BCUT2D eigenvalue weighted by Gasteiger charge is -2.34. The van der Waals surface area contributed by atoms with Gasteiger partial charge in [0.1, 0.15) is 5.69 Å². The van der Waals surface area contributed by atoms with Gasteiger partial charge < -0.3 is 10.2 Å². The van der Waals surface area contributed by atoms with Gasteiger partial charge in [-0.25, -0.2) is 9.97 Å². The van der Waals surface area contributed by atoms with E-state index < -0.39 is 0 Å². The third-order valence-corrected chi connectivity index (χ3v) is 6.47. The predicted molar refractivity (Wildman–Crippen MR) is 137 cm³/mol. The molecule has 34 heavy (non-hydrogen) atoms. The monoisotopic (exact) mass is 473 g/mol. The van der Waals surface area contributed by atoms with E-state index in [1.807, 2.05) is 36.5 Å². The van der Waals surface area contributed by atoms with Gasteiger partial charge in [-0.05, 0) is 42.4 Å². The van der Waals surface area contributed by atoms with Gasteiger partial charge in [-0.1, -0.05) is 42.8 Å². The number of likely N-dealkylation sites (N-methyl/N-ethyl adjacent to an activating group) is 1. The molecule has 4 aromatic rings. The van der Waals surface area contributed by atoms with Crippen LogP contribution < -0.4 is 5.32 Å². The molecule has 0 saturated carbocycles. The molecule has 1 aliphatic heterocycles. The summed E-state index contributed by atoms with van der Waals surface area (Å²) in [5.74, 6) is 0.546. The number of hydrogen-bond donors (Lipinski definition) is 2. The molecule has 8 heteroatoms. The average molecular weight is 474 g/mol. The van der Waals surface area contributed by atoms with E-state index in [1.54, 1.807) is 6.20 Å². The molecule has 7 nitrogen and oxygen atoms in total. The number of aromatic amines is 1. The summed E-state index contributed by atoms with van der Waals surface area (Å²) in [6.45, 7) is 8.91. The minimum absolute atomic E-state index is 0.546. The van der Waals surface area contributed by atoms with E-state index in [2.05, 4.69) is 61.5 Å². The summed E-state index contributed by atoms with van der Waals surface area (Å²) >= 11 is 6.04. The van der Waals surface area contributed by atoms with Crippen molar-refractivity contribution in [2.75, 3.05) is 38.0 Å². The van der Waals surface area contributed by atoms with Gasteiger partial charge in [0.15, 0.2) is 0 Å². The number of anilines is 2. The first-order chi connectivity index (χ1) is 16.7. The molecule has 0 spiro atoms. The first kappa shape index (κ1) is 22.5. The highest BCUT2D eigenvalue weighted by Crippen LogP contribution is 2.30. The Morgan fingerprint density at radius 3 is 2.41 bits per heavy atom. The van der Waals surface area contributed by atoms with Gasteiger partial charge in [-0.15, -0.1) is 0 Å². The summed E-state index contributed by atoms with van der Waals surface area (Å²) < 4.78 is 0. The lowest BCUT2D eigenvalue weighted by molar-refractivity contribution is 0.132. The van der Waals surface area contributed by atoms with Gasteiger partial charge in [0.05, 0.1) is 5.69 Å². The zero-order valence-electron chi connectivity index (χ0n) is 19.2. The summed E-state index contributed by atoms with van der Waals surface area (Å²) in [5.41, 5.74) is 5.77. The maximum Gasteiger partial charge on any atom is 0.227 e. The molecule has 2 N–H and O–H groups in total. The van der Waals surface area contributed by atoms with Crippen LogP contribution in [0.3, 0.4) is 0 Å². The lowest BCUT2D eigenvalue weighted by Crippen LogP contribution is -2.45. The average Bonchev–Trinajstić information content (AvgIpc) is 3.36. The quantitative estimate of drug-likeness (QED) is 0.390. The molecule has 1 aliphatic rings. The maximum atomic E-state index is 6.04. The van der Waals surface area contributed by atoms with Crippen molar-refractivity contribution in [3.8, 4) is 22.5 Å². The largest absolute Gasteiger partial charge is 0.324 e. The van der Waals surface area contributed by atoms with Crippen LogP contribution in [0.4, 0.5) is 11.6 Å². The summed E-state index contributed by atoms with van der Waals surface area (Å²) in [6, 6.07) is 18.0. The fourth-order valence-electron chi connectivity index (χ4n) is 4.23. The molecule has 174 valence electrons. The highest BCUT2D eigenvalue weighted by atomic mass is 35.5. The first-order valence-electron chi connectivity index (χ1n) is 11.6. The predicted octanol–water partition coefficient (Wildman–Crippen LogP) is 5.07. The topological polar surface area (TPSA) is 73.0 Å².